The Bertz CT molecular complexity index is 1060. The van der Waals surface area contributed by atoms with Crippen LogP contribution in [0.1, 0.15) is 380 Å². The fourth-order valence-electron chi connectivity index (χ4n) is 10.2. The second-order valence-corrected chi connectivity index (χ2v) is 22.4. The predicted molar refractivity (Wildman–Crippen MR) is 307 cm³/mol. The van der Waals surface area contributed by atoms with Crippen molar-refractivity contribution in [1.82, 2.24) is 0 Å². The van der Waals surface area contributed by atoms with Gasteiger partial charge >= 0.3 is 17.9 Å². The van der Waals surface area contributed by atoms with Crippen LogP contribution in [0.2, 0.25) is 0 Å². The molecule has 0 radical (unpaired) electrons. The Morgan fingerprint density at radius 1 is 0.225 bits per heavy atom. The molecule has 0 rings (SSSR count). The summed E-state index contributed by atoms with van der Waals surface area (Å²) in [5, 5.41) is 0. The first-order valence-electron chi connectivity index (χ1n) is 32.5. The normalized spacial score (nSPS) is 11.9. The second kappa shape index (κ2) is 61.0. The van der Waals surface area contributed by atoms with Crippen molar-refractivity contribution >= 4 is 17.9 Å². The maximum atomic E-state index is 12.9. The van der Waals surface area contributed by atoms with Crippen LogP contribution in [0.15, 0.2) is 0 Å². The van der Waals surface area contributed by atoms with Crippen LogP contribution in [0.3, 0.4) is 0 Å². The molecule has 1 unspecified atom stereocenters. The molecule has 6 nitrogen and oxygen atoms in total. The van der Waals surface area contributed by atoms with Crippen molar-refractivity contribution in [3.63, 3.8) is 0 Å². The molecule has 0 N–H and O–H groups in total. The first-order chi connectivity index (χ1) is 35.0. The van der Waals surface area contributed by atoms with E-state index in [4.69, 9.17) is 14.2 Å². The van der Waals surface area contributed by atoms with Crippen LogP contribution in [-0.2, 0) is 28.6 Å². The van der Waals surface area contributed by atoms with Crippen LogP contribution in [0.4, 0.5) is 0 Å². The van der Waals surface area contributed by atoms with E-state index in [1.54, 1.807) is 0 Å². The topological polar surface area (TPSA) is 78.9 Å². The first kappa shape index (κ1) is 69.4. The summed E-state index contributed by atoms with van der Waals surface area (Å²) < 4.78 is 17.0. The Balaban J connectivity index is 4.23. The number of rotatable bonds is 61. The Morgan fingerprint density at radius 3 is 0.563 bits per heavy atom. The van der Waals surface area contributed by atoms with Gasteiger partial charge in [-0.1, -0.05) is 342 Å². The van der Waals surface area contributed by atoms with E-state index in [1.807, 2.05) is 0 Å². The van der Waals surface area contributed by atoms with Crippen molar-refractivity contribution in [2.45, 2.75) is 386 Å². The van der Waals surface area contributed by atoms with E-state index in [1.165, 1.54) is 283 Å². The quantitative estimate of drug-likeness (QED) is 0.0343. The van der Waals surface area contributed by atoms with Gasteiger partial charge in [-0.15, -0.1) is 0 Å². The van der Waals surface area contributed by atoms with Crippen LogP contribution in [0.5, 0.6) is 0 Å². The lowest BCUT2D eigenvalue weighted by Gasteiger charge is -2.18. The number of esters is 3. The van der Waals surface area contributed by atoms with Gasteiger partial charge in [0.15, 0.2) is 6.10 Å². The number of carbonyl (C=O) groups is 3. The van der Waals surface area contributed by atoms with Gasteiger partial charge in [0.2, 0.25) is 0 Å². The standard InChI is InChI=1S/C65H126O6/c1-4-7-10-13-16-19-22-25-27-29-31-32-34-35-37-40-43-46-49-52-55-58-64(67)70-61-62(60-69-63(66)57-54-51-48-45-42-39-24-21-18-15-12-9-6-3)71-65(68)59-56-53-50-47-44-41-38-36-33-30-28-26-23-20-17-14-11-8-5-2/h62H,4-61H2,1-3H3. The molecule has 0 aliphatic heterocycles. The number of carbonyl (C=O) groups excluding carboxylic acids is 3. The van der Waals surface area contributed by atoms with E-state index >= 15 is 0 Å². The van der Waals surface area contributed by atoms with E-state index in [9.17, 15) is 14.4 Å². The fraction of sp³-hybridized carbons (Fsp3) is 0.954. The molecule has 0 saturated heterocycles. The fourth-order valence-corrected chi connectivity index (χ4v) is 10.2. The minimum Gasteiger partial charge on any atom is -0.462 e. The van der Waals surface area contributed by atoms with Crippen molar-refractivity contribution in [2.24, 2.45) is 0 Å². The van der Waals surface area contributed by atoms with Crippen LogP contribution >= 0.6 is 0 Å². The number of hydrogen-bond acceptors (Lipinski definition) is 6. The molecule has 0 aliphatic carbocycles. The molecule has 1 atom stereocenters. The van der Waals surface area contributed by atoms with Crippen LogP contribution in [-0.4, -0.2) is 37.2 Å². The van der Waals surface area contributed by atoms with Gasteiger partial charge in [-0.05, 0) is 19.3 Å². The minimum atomic E-state index is -0.762. The zero-order chi connectivity index (χ0) is 51.4. The second-order valence-electron chi connectivity index (χ2n) is 22.4. The maximum Gasteiger partial charge on any atom is 0.306 e. The molecule has 0 aliphatic rings. The van der Waals surface area contributed by atoms with Crippen molar-refractivity contribution in [3.8, 4) is 0 Å². The third kappa shape index (κ3) is 59.2. The minimum absolute atomic E-state index is 0.0605. The Hall–Kier alpha value is -1.59. The third-order valence-electron chi connectivity index (χ3n) is 15.1. The number of unbranched alkanes of at least 4 members (excludes halogenated alkanes) is 50. The Morgan fingerprint density at radius 2 is 0.380 bits per heavy atom. The number of hydrogen-bond donors (Lipinski definition) is 0. The summed E-state index contributed by atoms with van der Waals surface area (Å²) in [7, 11) is 0. The van der Waals surface area contributed by atoms with E-state index in [0.717, 1.165) is 57.8 Å². The third-order valence-corrected chi connectivity index (χ3v) is 15.1. The lowest BCUT2D eigenvalue weighted by Crippen LogP contribution is -2.30. The van der Waals surface area contributed by atoms with E-state index in [0.29, 0.717) is 19.3 Å². The highest BCUT2D eigenvalue weighted by molar-refractivity contribution is 5.71. The molecule has 0 saturated carbocycles. The number of ether oxygens (including phenoxy) is 3. The summed E-state index contributed by atoms with van der Waals surface area (Å²) in [4.78, 5) is 38.3. The molecular weight excluding hydrogens is 877 g/mol. The van der Waals surface area contributed by atoms with Gasteiger partial charge in [0.05, 0.1) is 0 Å². The molecule has 0 amide bonds. The maximum absolute atomic E-state index is 12.9. The lowest BCUT2D eigenvalue weighted by atomic mass is 10.0. The van der Waals surface area contributed by atoms with Crippen molar-refractivity contribution in [2.75, 3.05) is 13.2 Å². The summed E-state index contributed by atoms with van der Waals surface area (Å²) in [6, 6.07) is 0. The average molecular weight is 1000 g/mol. The van der Waals surface area contributed by atoms with E-state index in [2.05, 4.69) is 20.8 Å². The van der Waals surface area contributed by atoms with E-state index < -0.39 is 6.10 Å². The Kier molecular flexibility index (Phi) is 59.6. The first-order valence-corrected chi connectivity index (χ1v) is 32.5. The summed E-state index contributed by atoms with van der Waals surface area (Å²) in [6.45, 7) is 6.73. The molecule has 71 heavy (non-hydrogen) atoms. The molecule has 0 aromatic rings. The smallest absolute Gasteiger partial charge is 0.306 e. The summed E-state index contributed by atoms with van der Waals surface area (Å²) in [5.74, 6) is -0.824. The highest BCUT2D eigenvalue weighted by Crippen LogP contribution is 2.19. The lowest BCUT2D eigenvalue weighted by molar-refractivity contribution is -0.167. The SMILES string of the molecule is CCCCCCCCCCCCCCCCCCCCCCCC(=O)OCC(COC(=O)CCCCCCCCCCCCCCC)OC(=O)CCCCCCCCCCCCCCCCCCCCC. The van der Waals surface area contributed by atoms with Gasteiger partial charge in [-0.3, -0.25) is 14.4 Å². The molecule has 0 heterocycles. The molecule has 0 bridgehead atoms. The van der Waals surface area contributed by atoms with Crippen molar-refractivity contribution in [1.29, 1.82) is 0 Å². The van der Waals surface area contributed by atoms with Gasteiger partial charge in [0, 0.05) is 19.3 Å². The Labute approximate surface area is 444 Å². The van der Waals surface area contributed by atoms with Crippen molar-refractivity contribution in [3.05, 3.63) is 0 Å². The molecule has 0 aromatic carbocycles. The van der Waals surface area contributed by atoms with Crippen molar-refractivity contribution < 1.29 is 28.6 Å². The predicted octanol–water partition coefficient (Wildman–Crippen LogP) is 21.9. The van der Waals surface area contributed by atoms with Gasteiger partial charge in [-0.25, -0.2) is 0 Å². The molecular formula is C65H126O6. The summed E-state index contributed by atoms with van der Waals surface area (Å²) >= 11 is 0. The molecule has 0 fully saturated rings. The van der Waals surface area contributed by atoms with Crippen LogP contribution in [0.25, 0.3) is 0 Å². The van der Waals surface area contributed by atoms with E-state index in [-0.39, 0.29) is 31.1 Å². The zero-order valence-electron chi connectivity index (χ0n) is 48.5. The highest BCUT2D eigenvalue weighted by atomic mass is 16.6. The van der Waals surface area contributed by atoms with Gasteiger partial charge in [-0.2, -0.15) is 0 Å². The largest absolute Gasteiger partial charge is 0.462 e. The summed E-state index contributed by atoms with van der Waals surface area (Å²) in [5.41, 5.74) is 0. The van der Waals surface area contributed by atoms with Gasteiger partial charge in [0.25, 0.3) is 0 Å². The zero-order valence-corrected chi connectivity index (χ0v) is 48.5. The molecule has 6 heteroatoms. The highest BCUT2D eigenvalue weighted by Gasteiger charge is 2.19. The molecule has 0 aromatic heterocycles. The van der Waals surface area contributed by atoms with Gasteiger partial charge in [0.1, 0.15) is 13.2 Å². The van der Waals surface area contributed by atoms with Crippen LogP contribution < -0.4 is 0 Å². The van der Waals surface area contributed by atoms with Crippen LogP contribution in [0, 0.1) is 0 Å². The summed E-state index contributed by atoms with van der Waals surface area (Å²) in [6.07, 6.45) is 69.7. The average Bonchev–Trinajstić information content (AvgIpc) is 3.37. The van der Waals surface area contributed by atoms with Gasteiger partial charge < -0.3 is 14.2 Å². The monoisotopic (exact) mass is 1000 g/mol. The molecule has 422 valence electrons. The molecule has 0 spiro atoms.